The Morgan fingerprint density at radius 1 is 1.12 bits per heavy atom. The molecule has 3 rings (SSSR count). The Morgan fingerprint density at radius 3 is 2.42 bits per heavy atom. The molecule has 0 saturated carbocycles. The second kappa shape index (κ2) is 8.26. The summed E-state index contributed by atoms with van der Waals surface area (Å²) in [5, 5.41) is 0. The van der Waals surface area contributed by atoms with Gasteiger partial charge in [0.2, 0.25) is 10.0 Å². The first-order chi connectivity index (χ1) is 12.5. The lowest BCUT2D eigenvalue weighted by molar-refractivity contribution is 0.0345. The quantitative estimate of drug-likeness (QED) is 0.839. The molecule has 5 nitrogen and oxygen atoms in total. The van der Waals surface area contributed by atoms with Crippen molar-refractivity contribution >= 4 is 10.0 Å². The first kappa shape index (κ1) is 19.0. The second-order valence-corrected chi connectivity index (χ2v) is 8.11. The van der Waals surface area contributed by atoms with E-state index in [-0.39, 0.29) is 4.90 Å². The van der Waals surface area contributed by atoms with Gasteiger partial charge < -0.3 is 4.74 Å². The third-order valence-electron chi connectivity index (χ3n) is 4.45. The largest absolute Gasteiger partial charge is 0.379 e. The van der Waals surface area contributed by atoms with E-state index in [0.29, 0.717) is 19.8 Å². The number of halogens is 1. The van der Waals surface area contributed by atoms with E-state index in [2.05, 4.69) is 9.62 Å². The van der Waals surface area contributed by atoms with Gasteiger partial charge in [0.05, 0.1) is 19.3 Å². The first-order valence-corrected chi connectivity index (χ1v) is 10.1. The number of benzene rings is 2. The average Bonchev–Trinajstić information content (AvgIpc) is 2.63. The minimum absolute atomic E-state index is 0.334. The van der Waals surface area contributed by atoms with Gasteiger partial charge in [0, 0.05) is 19.6 Å². The highest BCUT2D eigenvalue weighted by atomic mass is 32.2. The predicted octanol–water partition coefficient (Wildman–Crippen LogP) is 2.49. The maximum atomic E-state index is 14.0. The SMILES string of the molecule is Cc1ccc([C@H](CN2CCOCC2)NS(=O)(=O)c2ccccc2F)cc1. The third kappa shape index (κ3) is 4.67. The lowest BCUT2D eigenvalue weighted by Gasteiger charge is -2.31. The zero-order valence-corrected chi connectivity index (χ0v) is 15.5. The molecule has 1 saturated heterocycles. The Morgan fingerprint density at radius 2 is 1.77 bits per heavy atom. The molecule has 0 spiro atoms. The van der Waals surface area contributed by atoms with E-state index in [9.17, 15) is 12.8 Å². The minimum atomic E-state index is -3.98. The van der Waals surface area contributed by atoms with Crippen LogP contribution in [0.1, 0.15) is 17.2 Å². The number of rotatable bonds is 6. The van der Waals surface area contributed by atoms with E-state index in [1.165, 1.54) is 18.2 Å². The summed E-state index contributed by atoms with van der Waals surface area (Å²) in [5.74, 6) is -0.756. The number of hydrogen-bond donors (Lipinski definition) is 1. The topological polar surface area (TPSA) is 58.6 Å². The highest BCUT2D eigenvalue weighted by Gasteiger charge is 2.26. The molecule has 1 heterocycles. The van der Waals surface area contributed by atoms with Gasteiger partial charge in [-0.25, -0.2) is 17.5 Å². The minimum Gasteiger partial charge on any atom is -0.379 e. The van der Waals surface area contributed by atoms with Crippen LogP contribution in [-0.2, 0) is 14.8 Å². The fourth-order valence-corrected chi connectivity index (χ4v) is 4.26. The highest BCUT2D eigenvalue weighted by molar-refractivity contribution is 7.89. The number of sulfonamides is 1. The molecule has 1 aliphatic heterocycles. The maximum absolute atomic E-state index is 14.0. The van der Waals surface area contributed by atoms with Gasteiger partial charge in [0.15, 0.2) is 0 Å². The van der Waals surface area contributed by atoms with Crippen LogP contribution >= 0.6 is 0 Å². The highest BCUT2D eigenvalue weighted by Crippen LogP contribution is 2.21. The van der Waals surface area contributed by atoms with Gasteiger partial charge in [-0.1, -0.05) is 42.0 Å². The fraction of sp³-hybridized carbons (Fsp3) is 0.368. The van der Waals surface area contributed by atoms with Gasteiger partial charge in [-0.2, -0.15) is 0 Å². The molecule has 1 atom stereocenters. The molecule has 0 unspecified atom stereocenters. The van der Waals surface area contributed by atoms with Crippen molar-refractivity contribution in [2.24, 2.45) is 0 Å². The van der Waals surface area contributed by atoms with E-state index in [4.69, 9.17) is 4.74 Å². The Balaban J connectivity index is 1.87. The molecule has 2 aromatic carbocycles. The molecule has 140 valence electrons. The summed E-state index contributed by atoms with van der Waals surface area (Å²) in [6.07, 6.45) is 0. The summed E-state index contributed by atoms with van der Waals surface area (Å²) in [6, 6.07) is 12.6. The second-order valence-electron chi connectivity index (χ2n) is 6.43. The van der Waals surface area contributed by atoms with Crippen molar-refractivity contribution in [3.63, 3.8) is 0 Å². The van der Waals surface area contributed by atoms with Crippen molar-refractivity contribution in [3.05, 3.63) is 65.5 Å². The van der Waals surface area contributed by atoms with Crippen molar-refractivity contribution in [2.75, 3.05) is 32.8 Å². The zero-order valence-electron chi connectivity index (χ0n) is 14.7. The van der Waals surface area contributed by atoms with Crippen molar-refractivity contribution in [1.29, 1.82) is 0 Å². The molecule has 0 aromatic heterocycles. The Kier molecular flexibility index (Phi) is 6.03. The van der Waals surface area contributed by atoms with Gasteiger partial charge in [0.25, 0.3) is 0 Å². The number of hydrogen-bond acceptors (Lipinski definition) is 4. The normalized spacial score (nSPS) is 17.2. The van der Waals surface area contributed by atoms with Gasteiger partial charge >= 0.3 is 0 Å². The smallest absolute Gasteiger partial charge is 0.244 e. The molecule has 7 heteroatoms. The Bertz CT molecular complexity index is 834. The van der Waals surface area contributed by atoms with Crippen LogP contribution in [0.5, 0.6) is 0 Å². The summed E-state index contributed by atoms with van der Waals surface area (Å²) in [7, 11) is -3.98. The molecule has 0 radical (unpaired) electrons. The van der Waals surface area contributed by atoms with Crippen molar-refractivity contribution < 1.29 is 17.5 Å². The lowest BCUT2D eigenvalue weighted by Crippen LogP contribution is -2.43. The van der Waals surface area contributed by atoms with Crippen molar-refractivity contribution in [1.82, 2.24) is 9.62 Å². The summed E-state index contributed by atoms with van der Waals surface area (Å²) < 4.78 is 47.5. The standard InChI is InChI=1S/C19H23FN2O3S/c1-15-6-8-16(9-7-15)18(14-22-10-12-25-13-11-22)21-26(23,24)19-5-3-2-4-17(19)20/h2-9,18,21H,10-14H2,1H3/t18-/m0/s1. The molecule has 0 amide bonds. The summed E-state index contributed by atoms with van der Waals surface area (Å²) in [5.41, 5.74) is 1.94. The summed E-state index contributed by atoms with van der Waals surface area (Å²) >= 11 is 0. The Hall–Kier alpha value is -1.80. The molecule has 0 bridgehead atoms. The molecule has 1 aliphatic rings. The molecule has 26 heavy (non-hydrogen) atoms. The van der Waals surface area contributed by atoms with Gasteiger partial charge in [-0.05, 0) is 24.6 Å². The maximum Gasteiger partial charge on any atom is 0.244 e. The number of ether oxygens (including phenoxy) is 1. The number of morpholine rings is 1. The van der Waals surface area contributed by atoms with Gasteiger partial charge in [-0.3, -0.25) is 4.90 Å². The van der Waals surface area contributed by atoms with Gasteiger partial charge in [-0.15, -0.1) is 0 Å². The molecule has 1 N–H and O–H groups in total. The van der Waals surface area contributed by atoms with Crippen LogP contribution in [0.4, 0.5) is 4.39 Å². The molecule has 0 aliphatic carbocycles. The van der Waals surface area contributed by atoms with E-state index in [1.54, 1.807) is 0 Å². The number of nitrogens with one attached hydrogen (secondary N) is 1. The van der Waals surface area contributed by atoms with Gasteiger partial charge in [0.1, 0.15) is 10.7 Å². The first-order valence-electron chi connectivity index (χ1n) is 8.59. The predicted molar refractivity (Wildman–Crippen MR) is 97.9 cm³/mol. The fourth-order valence-electron chi connectivity index (χ4n) is 2.96. The number of nitrogens with zero attached hydrogens (tertiary/aromatic N) is 1. The van der Waals surface area contributed by atoms with Crippen LogP contribution in [0.25, 0.3) is 0 Å². The molecule has 2 aromatic rings. The third-order valence-corrected chi connectivity index (χ3v) is 5.95. The molecule has 1 fully saturated rings. The monoisotopic (exact) mass is 378 g/mol. The van der Waals surface area contributed by atoms with E-state index in [1.807, 2.05) is 31.2 Å². The molecular weight excluding hydrogens is 355 g/mol. The molecular formula is C19H23FN2O3S. The van der Waals surface area contributed by atoms with Crippen molar-refractivity contribution in [2.45, 2.75) is 17.9 Å². The van der Waals surface area contributed by atoms with Crippen LogP contribution in [-0.4, -0.2) is 46.2 Å². The van der Waals surface area contributed by atoms with E-state index >= 15 is 0 Å². The van der Waals surface area contributed by atoms with Crippen LogP contribution < -0.4 is 4.72 Å². The van der Waals surface area contributed by atoms with Crippen LogP contribution in [0.2, 0.25) is 0 Å². The zero-order chi connectivity index (χ0) is 18.6. The van der Waals surface area contributed by atoms with E-state index in [0.717, 1.165) is 30.3 Å². The van der Waals surface area contributed by atoms with E-state index < -0.39 is 21.9 Å². The van der Waals surface area contributed by atoms with Crippen LogP contribution in [0.3, 0.4) is 0 Å². The lowest BCUT2D eigenvalue weighted by atomic mass is 10.1. The van der Waals surface area contributed by atoms with Crippen molar-refractivity contribution in [3.8, 4) is 0 Å². The summed E-state index contributed by atoms with van der Waals surface area (Å²) in [4.78, 5) is 1.82. The van der Waals surface area contributed by atoms with Crippen LogP contribution in [0, 0.1) is 12.7 Å². The van der Waals surface area contributed by atoms with Crippen LogP contribution in [0.15, 0.2) is 53.4 Å². The summed E-state index contributed by atoms with van der Waals surface area (Å²) in [6.45, 7) is 5.21. The average molecular weight is 378 g/mol. The Labute approximate surface area is 153 Å². The number of aryl methyl sites for hydroxylation is 1.